The molecule has 24 heavy (non-hydrogen) atoms. The van der Waals surface area contributed by atoms with Gasteiger partial charge in [-0.15, -0.1) is 0 Å². The quantitative estimate of drug-likeness (QED) is 0.756. The van der Waals surface area contributed by atoms with E-state index < -0.39 is 0 Å². The molecule has 2 amide bonds. The molecule has 0 saturated heterocycles. The second kappa shape index (κ2) is 6.74. The third-order valence-corrected chi connectivity index (χ3v) is 4.26. The van der Waals surface area contributed by atoms with Gasteiger partial charge in [0.15, 0.2) is 0 Å². The van der Waals surface area contributed by atoms with Gasteiger partial charge < -0.3 is 15.7 Å². The summed E-state index contributed by atoms with van der Waals surface area (Å²) >= 11 is 0. The third kappa shape index (κ3) is 3.56. The van der Waals surface area contributed by atoms with Crippen LogP contribution in [0.1, 0.15) is 24.0 Å². The number of carbonyl (C=O) groups excluding carboxylic acids is 2. The summed E-state index contributed by atoms with van der Waals surface area (Å²) in [6.07, 6.45) is 1.34. The summed E-state index contributed by atoms with van der Waals surface area (Å²) in [7, 11) is 0. The number of nitrogens with one attached hydrogen (secondary N) is 2. The molecule has 1 heterocycles. The Labute approximate surface area is 140 Å². The van der Waals surface area contributed by atoms with E-state index in [1.165, 1.54) is 0 Å². The van der Waals surface area contributed by atoms with Crippen molar-refractivity contribution in [1.82, 2.24) is 0 Å². The van der Waals surface area contributed by atoms with Crippen molar-refractivity contribution in [3.05, 3.63) is 53.6 Å². The maximum Gasteiger partial charge on any atom is 0.227 e. The molecule has 1 unspecified atom stereocenters. The van der Waals surface area contributed by atoms with Gasteiger partial charge in [0.1, 0.15) is 5.75 Å². The minimum Gasteiger partial charge on any atom is -0.506 e. The molecule has 0 aliphatic carbocycles. The third-order valence-electron chi connectivity index (χ3n) is 4.26. The van der Waals surface area contributed by atoms with Crippen molar-refractivity contribution in [3.8, 4) is 5.75 Å². The van der Waals surface area contributed by atoms with Gasteiger partial charge in [-0.3, -0.25) is 9.59 Å². The Balaban J connectivity index is 1.59. The first-order chi connectivity index (χ1) is 11.5. The van der Waals surface area contributed by atoms with Gasteiger partial charge in [-0.1, -0.05) is 24.3 Å². The Bertz CT molecular complexity index is 786. The number of aryl methyl sites for hydroxylation is 1. The predicted octanol–water partition coefficient (Wildman–Crippen LogP) is 3.23. The SMILES string of the molecule is Cc1ccc(O)c(NC(=O)CCC2Cc3ccccc3NC2=O)c1. The molecule has 1 aliphatic heterocycles. The number of hydrogen-bond donors (Lipinski definition) is 3. The number of anilines is 2. The van der Waals surface area contributed by atoms with Gasteiger partial charge in [-0.25, -0.2) is 0 Å². The summed E-state index contributed by atoms with van der Waals surface area (Å²) in [4.78, 5) is 24.3. The number of carbonyl (C=O) groups is 2. The summed E-state index contributed by atoms with van der Waals surface area (Å²) in [6.45, 7) is 1.89. The number of amides is 2. The van der Waals surface area contributed by atoms with Crippen LogP contribution in [0.5, 0.6) is 5.75 Å². The molecule has 1 atom stereocenters. The van der Waals surface area contributed by atoms with E-state index in [4.69, 9.17) is 0 Å². The Morgan fingerprint density at radius 3 is 2.92 bits per heavy atom. The zero-order valence-electron chi connectivity index (χ0n) is 13.5. The fourth-order valence-electron chi connectivity index (χ4n) is 2.91. The highest BCUT2D eigenvalue weighted by Gasteiger charge is 2.26. The zero-order chi connectivity index (χ0) is 17.1. The number of para-hydroxylation sites is 1. The molecule has 0 bridgehead atoms. The topological polar surface area (TPSA) is 78.4 Å². The number of phenols is 1. The van der Waals surface area contributed by atoms with Crippen LogP contribution in [0.2, 0.25) is 0 Å². The van der Waals surface area contributed by atoms with Crippen LogP contribution < -0.4 is 10.6 Å². The van der Waals surface area contributed by atoms with Crippen LogP contribution in [0.25, 0.3) is 0 Å². The average molecular weight is 324 g/mol. The van der Waals surface area contributed by atoms with E-state index in [1.807, 2.05) is 31.2 Å². The molecule has 5 heteroatoms. The maximum atomic E-state index is 12.1. The van der Waals surface area contributed by atoms with Crippen LogP contribution in [0.4, 0.5) is 11.4 Å². The van der Waals surface area contributed by atoms with Gasteiger partial charge in [-0.2, -0.15) is 0 Å². The number of hydrogen-bond acceptors (Lipinski definition) is 3. The van der Waals surface area contributed by atoms with E-state index in [0.717, 1.165) is 16.8 Å². The van der Waals surface area contributed by atoms with Gasteiger partial charge in [0.25, 0.3) is 0 Å². The lowest BCUT2D eigenvalue weighted by Gasteiger charge is -2.24. The summed E-state index contributed by atoms with van der Waals surface area (Å²) in [6, 6.07) is 12.8. The molecule has 0 radical (unpaired) electrons. The number of phenolic OH excluding ortho intramolecular Hbond substituents is 1. The van der Waals surface area contributed by atoms with Crippen molar-refractivity contribution in [3.63, 3.8) is 0 Å². The van der Waals surface area contributed by atoms with Crippen LogP contribution in [0.15, 0.2) is 42.5 Å². The Kier molecular flexibility index (Phi) is 4.51. The van der Waals surface area contributed by atoms with Gasteiger partial charge >= 0.3 is 0 Å². The summed E-state index contributed by atoms with van der Waals surface area (Å²) < 4.78 is 0. The highest BCUT2D eigenvalue weighted by Crippen LogP contribution is 2.28. The zero-order valence-corrected chi connectivity index (χ0v) is 13.5. The molecule has 0 spiro atoms. The van der Waals surface area contributed by atoms with Crippen molar-refractivity contribution in [1.29, 1.82) is 0 Å². The lowest BCUT2D eigenvalue weighted by molar-refractivity contribution is -0.121. The number of fused-ring (bicyclic) bond motifs is 1. The molecule has 5 nitrogen and oxygen atoms in total. The lowest BCUT2D eigenvalue weighted by Crippen LogP contribution is -2.30. The fourth-order valence-corrected chi connectivity index (χ4v) is 2.91. The largest absolute Gasteiger partial charge is 0.506 e. The van der Waals surface area contributed by atoms with Crippen LogP contribution in [-0.2, 0) is 16.0 Å². The lowest BCUT2D eigenvalue weighted by atomic mass is 9.89. The molecular weight excluding hydrogens is 304 g/mol. The van der Waals surface area contributed by atoms with Gasteiger partial charge in [0.05, 0.1) is 5.69 Å². The Hall–Kier alpha value is -2.82. The molecule has 0 fully saturated rings. The van der Waals surface area contributed by atoms with Crippen molar-refractivity contribution in [2.45, 2.75) is 26.2 Å². The highest BCUT2D eigenvalue weighted by atomic mass is 16.3. The normalized spacial score (nSPS) is 16.2. The van der Waals surface area contributed by atoms with Gasteiger partial charge in [0, 0.05) is 18.0 Å². The van der Waals surface area contributed by atoms with Crippen molar-refractivity contribution < 1.29 is 14.7 Å². The first-order valence-electron chi connectivity index (χ1n) is 8.01. The van der Waals surface area contributed by atoms with Gasteiger partial charge in [-0.05, 0) is 49.1 Å². The average Bonchev–Trinajstić information content (AvgIpc) is 2.56. The summed E-state index contributed by atoms with van der Waals surface area (Å²) in [5, 5.41) is 15.4. The Morgan fingerprint density at radius 1 is 1.29 bits per heavy atom. The molecule has 1 aliphatic rings. The highest BCUT2D eigenvalue weighted by molar-refractivity contribution is 5.97. The first kappa shape index (κ1) is 16.1. The predicted molar refractivity (Wildman–Crippen MR) is 93.0 cm³/mol. The number of aromatic hydroxyl groups is 1. The minimum absolute atomic E-state index is 0.0401. The number of rotatable bonds is 4. The van der Waals surface area contributed by atoms with E-state index in [9.17, 15) is 14.7 Å². The van der Waals surface area contributed by atoms with Gasteiger partial charge in [0.2, 0.25) is 11.8 Å². The fraction of sp³-hybridized carbons (Fsp3) is 0.263. The van der Waals surface area contributed by atoms with E-state index in [2.05, 4.69) is 10.6 Å². The molecule has 0 aromatic heterocycles. The Morgan fingerprint density at radius 2 is 2.08 bits per heavy atom. The summed E-state index contributed by atoms with van der Waals surface area (Å²) in [5.41, 5.74) is 3.30. The van der Waals surface area contributed by atoms with Crippen LogP contribution in [0, 0.1) is 12.8 Å². The smallest absolute Gasteiger partial charge is 0.227 e. The van der Waals surface area contributed by atoms with Crippen LogP contribution in [0.3, 0.4) is 0 Å². The molecule has 2 aromatic rings. The minimum atomic E-state index is -0.211. The standard InChI is InChI=1S/C19H20N2O3/c1-12-6-8-17(22)16(10-12)20-18(23)9-7-14-11-13-4-2-3-5-15(13)21-19(14)24/h2-6,8,10,14,22H,7,9,11H2,1H3,(H,20,23)(H,21,24). The summed E-state index contributed by atoms with van der Waals surface area (Å²) in [5.74, 6) is -0.419. The number of benzene rings is 2. The van der Waals surface area contributed by atoms with E-state index >= 15 is 0 Å². The second-order valence-electron chi connectivity index (χ2n) is 6.15. The molecule has 124 valence electrons. The van der Waals surface area contributed by atoms with Crippen LogP contribution in [-0.4, -0.2) is 16.9 Å². The van der Waals surface area contributed by atoms with E-state index in [-0.39, 0.29) is 29.9 Å². The van der Waals surface area contributed by atoms with Crippen LogP contribution >= 0.6 is 0 Å². The van der Waals surface area contributed by atoms with Crippen molar-refractivity contribution >= 4 is 23.2 Å². The van der Waals surface area contributed by atoms with E-state index in [0.29, 0.717) is 18.5 Å². The molecule has 3 rings (SSSR count). The maximum absolute atomic E-state index is 12.1. The monoisotopic (exact) mass is 324 g/mol. The first-order valence-corrected chi connectivity index (χ1v) is 8.01. The molecule has 0 saturated carbocycles. The molecule has 2 aromatic carbocycles. The van der Waals surface area contributed by atoms with Crippen molar-refractivity contribution in [2.24, 2.45) is 5.92 Å². The molecule has 3 N–H and O–H groups in total. The molecular formula is C19H20N2O3. The second-order valence-corrected chi connectivity index (χ2v) is 6.15. The van der Waals surface area contributed by atoms with Crippen molar-refractivity contribution in [2.75, 3.05) is 10.6 Å². The van der Waals surface area contributed by atoms with E-state index in [1.54, 1.807) is 18.2 Å².